The van der Waals surface area contributed by atoms with Gasteiger partial charge in [-0.3, -0.25) is 9.59 Å². The van der Waals surface area contributed by atoms with E-state index in [9.17, 15) is 9.59 Å². The van der Waals surface area contributed by atoms with Crippen molar-refractivity contribution in [3.63, 3.8) is 0 Å². The molecule has 3 aromatic heterocycles. The zero-order chi connectivity index (χ0) is 20.6. The summed E-state index contributed by atoms with van der Waals surface area (Å²) < 4.78 is 10.9. The summed E-state index contributed by atoms with van der Waals surface area (Å²) in [6, 6.07) is 3.59. The topological polar surface area (TPSA) is 92.7 Å². The molecule has 28 heavy (non-hydrogen) atoms. The Hall–Kier alpha value is -3.16. The highest BCUT2D eigenvalue weighted by molar-refractivity contribution is 6.07. The van der Waals surface area contributed by atoms with Crippen LogP contribution in [0.15, 0.2) is 21.1 Å². The summed E-state index contributed by atoms with van der Waals surface area (Å²) in [6.07, 6.45) is 0. The summed E-state index contributed by atoms with van der Waals surface area (Å²) in [5.74, 6) is 1.04. The van der Waals surface area contributed by atoms with Crippen molar-refractivity contribution in [2.45, 2.75) is 27.7 Å². The third-order valence-electron chi connectivity index (χ3n) is 4.66. The Bertz CT molecular complexity index is 1050. The van der Waals surface area contributed by atoms with E-state index < -0.39 is 0 Å². The van der Waals surface area contributed by atoms with Gasteiger partial charge in [0.05, 0.1) is 28.9 Å². The van der Waals surface area contributed by atoms with Gasteiger partial charge in [-0.1, -0.05) is 5.16 Å². The summed E-state index contributed by atoms with van der Waals surface area (Å²) in [4.78, 5) is 32.9. The van der Waals surface area contributed by atoms with E-state index in [4.69, 9.17) is 8.94 Å². The highest BCUT2D eigenvalue weighted by atomic mass is 16.5. The highest BCUT2D eigenvalue weighted by Gasteiger charge is 2.25. The standard InChI is InChI=1S/C20H24N4O4/c1-7-24(10-17(25)23(5)6)20(26)15-9-16(14-8-11(2)27-13(14)4)21-19-18(15)12(3)22-28-19/h8-9H,7,10H2,1-6H3. The number of carbonyl (C=O) groups excluding carboxylic acids is 2. The zero-order valence-corrected chi connectivity index (χ0v) is 17.0. The van der Waals surface area contributed by atoms with Gasteiger partial charge < -0.3 is 18.7 Å². The highest BCUT2D eigenvalue weighted by Crippen LogP contribution is 2.31. The number of aromatic nitrogens is 2. The Labute approximate surface area is 163 Å². The molecule has 0 radical (unpaired) electrons. The summed E-state index contributed by atoms with van der Waals surface area (Å²) in [5, 5.41) is 4.53. The predicted molar refractivity (Wildman–Crippen MR) is 104 cm³/mol. The molecule has 0 atom stereocenters. The van der Waals surface area contributed by atoms with Crippen LogP contribution in [0.25, 0.3) is 22.4 Å². The molecule has 8 nitrogen and oxygen atoms in total. The lowest BCUT2D eigenvalue weighted by Gasteiger charge is -2.22. The third-order valence-corrected chi connectivity index (χ3v) is 4.66. The van der Waals surface area contributed by atoms with E-state index in [1.807, 2.05) is 26.8 Å². The smallest absolute Gasteiger partial charge is 0.259 e. The Morgan fingerprint density at radius 1 is 1.14 bits per heavy atom. The van der Waals surface area contributed by atoms with Gasteiger partial charge >= 0.3 is 0 Å². The van der Waals surface area contributed by atoms with Crippen molar-refractivity contribution in [2.75, 3.05) is 27.2 Å². The van der Waals surface area contributed by atoms with Crippen molar-refractivity contribution >= 4 is 22.9 Å². The monoisotopic (exact) mass is 384 g/mol. The van der Waals surface area contributed by atoms with Gasteiger partial charge in [0.15, 0.2) is 0 Å². The first-order valence-corrected chi connectivity index (χ1v) is 9.06. The quantitative estimate of drug-likeness (QED) is 0.671. The van der Waals surface area contributed by atoms with Crippen molar-refractivity contribution in [3.8, 4) is 11.3 Å². The minimum Gasteiger partial charge on any atom is -0.466 e. The number of amides is 2. The lowest BCUT2D eigenvalue weighted by molar-refractivity contribution is -0.129. The molecule has 148 valence electrons. The molecule has 3 aromatic rings. The molecule has 0 aliphatic rings. The molecule has 0 saturated heterocycles. The number of likely N-dealkylation sites (N-methyl/N-ethyl adjacent to an activating group) is 2. The Morgan fingerprint density at radius 3 is 2.43 bits per heavy atom. The minimum absolute atomic E-state index is 0.00431. The maximum atomic E-state index is 13.3. The molecule has 0 aromatic carbocycles. The first kappa shape index (κ1) is 19.6. The SMILES string of the molecule is CCN(CC(=O)N(C)C)C(=O)c1cc(-c2cc(C)oc2C)nc2onc(C)c12. The number of pyridine rings is 1. The van der Waals surface area contributed by atoms with Crippen LogP contribution in [0.1, 0.15) is 34.5 Å². The second-order valence-corrected chi connectivity index (χ2v) is 6.94. The first-order valence-electron chi connectivity index (χ1n) is 9.06. The first-order chi connectivity index (χ1) is 13.2. The molecule has 0 fully saturated rings. The Kier molecular flexibility index (Phi) is 5.22. The molecule has 0 unspecified atom stereocenters. The minimum atomic E-state index is -0.268. The van der Waals surface area contributed by atoms with Crippen LogP contribution in [0.3, 0.4) is 0 Å². The predicted octanol–water partition coefficient (Wildman–Crippen LogP) is 2.96. The molecule has 3 rings (SSSR count). The number of furan rings is 1. The lowest BCUT2D eigenvalue weighted by atomic mass is 10.0. The fourth-order valence-electron chi connectivity index (χ4n) is 3.09. The van der Waals surface area contributed by atoms with Crippen LogP contribution in [-0.4, -0.2) is 58.9 Å². The van der Waals surface area contributed by atoms with Crippen LogP contribution in [0, 0.1) is 20.8 Å². The van der Waals surface area contributed by atoms with E-state index >= 15 is 0 Å². The van der Waals surface area contributed by atoms with Crippen LogP contribution >= 0.6 is 0 Å². The van der Waals surface area contributed by atoms with Crippen LogP contribution in [0.4, 0.5) is 0 Å². The fourth-order valence-corrected chi connectivity index (χ4v) is 3.09. The summed E-state index contributed by atoms with van der Waals surface area (Å²) in [5.41, 5.74) is 2.62. The molecule has 3 heterocycles. The molecule has 0 spiro atoms. The number of aryl methyl sites for hydroxylation is 3. The van der Waals surface area contributed by atoms with E-state index in [0.29, 0.717) is 34.6 Å². The van der Waals surface area contributed by atoms with Gasteiger partial charge in [-0.05, 0) is 39.8 Å². The average molecular weight is 384 g/mol. The van der Waals surface area contributed by atoms with Crippen molar-refractivity contribution in [1.29, 1.82) is 0 Å². The molecule has 0 aliphatic heterocycles. The number of fused-ring (bicyclic) bond motifs is 1. The second kappa shape index (κ2) is 7.46. The largest absolute Gasteiger partial charge is 0.466 e. The number of nitrogens with zero attached hydrogens (tertiary/aromatic N) is 4. The second-order valence-electron chi connectivity index (χ2n) is 6.94. The van der Waals surface area contributed by atoms with Crippen LogP contribution < -0.4 is 0 Å². The van der Waals surface area contributed by atoms with Gasteiger partial charge in [0.2, 0.25) is 5.91 Å². The zero-order valence-electron chi connectivity index (χ0n) is 17.0. The number of carbonyl (C=O) groups is 2. The summed E-state index contributed by atoms with van der Waals surface area (Å²) in [6.45, 7) is 7.69. The molecule has 2 amide bonds. The average Bonchev–Trinajstić information content (AvgIpc) is 3.19. The summed E-state index contributed by atoms with van der Waals surface area (Å²) in [7, 11) is 3.33. The number of hydrogen-bond acceptors (Lipinski definition) is 6. The summed E-state index contributed by atoms with van der Waals surface area (Å²) >= 11 is 0. The van der Waals surface area contributed by atoms with Gasteiger partial charge in [-0.25, -0.2) is 4.98 Å². The number of rotatable bonds is 5. The van der Waals surface area contributed by atoms with Gasteiger partial charge in [0.1, 0.15) is 11.5 Å². The maximum absolute atomic E-state index is 13.3. The molecule has 0 bridgehead atoms. The van der Waals surface area contributed by atoms with Crippen molar-refractivity contribution in [1.82, 2.24) is 19.9 Å². The maximum Gasteiger partial charge on any atom is 0.259 e. The van der Waals surface area contributed by atoms with Gasteiger partial charge in [-0.15, -0.1) is 0 Å². The third kappa shape index (κ3) is 3.49. The molecular formula is C20H24N4O4. The lowest BCUT2D eigenvalue weighted by Crippen LogP contribution is -2.40. The molecular weight excluding hydrogens is 360 g/mol. The van der Waals surface area contributed by atoms with E-state index in [2.05, 4.69) is 10.1 Å². The van der Waals surface area contributed by atoms with E-state index in [0.717, 1.165) is 11.3 Å². The molecule has 0 N–H and O–H groups in total. The van der Waals surface area contributed by atoms with Crippen LogP contribution in [0.2, 0.25) is 0 Å². The van der Waals surface area contributed by atoms with Crippen LogP contribution in [-0.2, 0) is 4.79 Å². The molecule has 8 heteroatoms. The molecule has 0 aliphatic carbocycles. The van der Waals surface area contributed by atoms with E-state index in [1.54, 1.807) is 27.1 Å². The van der Waals surface area contributed by atoms with Gasteiger partial charge in [0, 0.05) is 26.2 Å². The van der Waals surface area contributed by atoms with E-state index in [-0.39, 0.29) is 24.1 Å². The van der Waals surface area contributed by atoms with Crippen molar-refractivity contribution in [2.24, 2.45) is 0 Å². The van der Waals surface area contributed by atoms with Gasteiger partial charge in [0.25, 0.3) is 11.6 Å². The van der Waals surface area contributed by atoms with Crippen molar-refractivity contribution in [3.05, 3.63) is 34.9 Å². The molecule has 0 saturated carbocycles. The van der Waals surface area contributed by atoms with Crippen molar-refractivity contribution < 1.29 is 18.5 Å². The van der Waals surface area contributed by atoms with Crippen LogP contribution in [0.5, 0.6) is 0 Å². The normalized spacial score (nSPS) is 11.1. The van der Waals surface area contributed by atoms with E-state index in [1.165, 1.54) is 9.80 Å². The Morgan fingerprint density at radius 2 is 1.86 bits per heavy atom. The number of hydrogen-bond donors (Lipinski definition) is 0. The Balaban J connectivity index is 2.13. The fraction of sp³-hybridized carbons (Fsp3) is 0.400. The van der Waals surface area contributed by atoms with Gasteiger partial charge in [-0.2, -0.15) is 0 Å².